The average molecular weight is 388 g/mol. The molecular formula is C19H17FN2O4S. The highest BCUT2D eigenvalue weighted by Gasteiger charge is 2.12. The van der Waals surface area contributed by atoms with E-state index in [0.717, 1.165) is 11.8 Å². The number of oxazole rings is 1. The summed E-state index contributed by atoms with van der Waals surface area (Å²) in [6.45, 7) is 1.42. The van der Waals surface area contributed by atoms with Crippen molar-refractivity contribution < 1.29 is 23.1 Å². The van der Waals surface area contributed by atoms with E-state index < -0.39 is 18.5 Å². The summed E-state index contributed by atoms with van der Waals surface area (Å²) in [6.07, 6.45) is 0. The first kappa shape index (κ1) is 18.9. The van der Waals surface area contributed by atoms with Crippen LogP contribution in [0.25, 0.3) is 11.1 Å². The molecule has 0 bridgehead atoms. The molecule has 0 spiro atoms. The highest BCUT2D eigenvalue weighted by molar-refractivity contribution is 7.99. The Hall–Kier alpha value is -2.87. The van der Waals surface area contributed by atoms with E-state index in [2.05, 4.69) is 10.3 Å². The number of aryl methyl sites for hydroxylation is 1. The van der Waals surface area contributed by atoms with E-state index in [1.807, 2.05) is 18.2 Å². The molecule has 0 fully saturated rings. The molecule has 1 heterocycles. The molecule has 0 saturated carbocycles. The number of hydrogen-bond acceptors (Lipinski definition) is 6. The second-order valence-electron chi connectivity index (χ2n) is 5.76. The maximum atomic E-state index is 13.5. The molecule has 27 heavy (non-hydrogen) atoms. The summed E-state index contributed by atoms with van der Waals surface area (Å²) in [5, 5.41) is 2.93. The standard InChI is InChI=1S/C19H17FN2O4S/c1-12-6-7-13(8-14(12)20)9-21-17(23)10-25-18(24)11-27-19-22-15-4-2-3-5-16(15)26-19/h2-8H,9-11H2,1H3,(H,21,23). The third kappa shape index (κ3) is 5.30. The lowest BCUT2D eigenvalue weighted by molar-refractivity contribution is -0.145. The normalized spacial score (nSPS) is 10.7. The van der Waals surface area contributed by atoms with Gasteiger partial charge < -0.3 is 14.5 Å². The number of rotatable bonds is 7. The Balaban J connectivity index is 1.39. The zero-order valence-corrected chi connectivity index (χ0v) is 15.3. The number of aromatic nitrogens is 1. The van der Waals surface area contributed by atoms with Gasteiger partial charge in [0.1, 0.15) is 17.1 Å². The highest BCUT2D eigenvalue weighted by atomic mass is 32.2. The summed E-state index contributed by atoms with van der Waals surface area (Å²) < 4.78 is 23.9. The Kier molecular flexibility index (Phi) is 6.08. The Morgan fingerprint density at radius 3 is 2.85 bits per heavy atom. The fourth-order valence-electron chi connectivity index (χ4n) is 2.22. The van der Waals surface area contributed by atoms with Gasteiger partial charge in [0.15, 0.2) is 12.2 Å². The molecule has 3 rings (SSSR count). The molecule has 0 unspecified atom stereocenters. The SMILES string of the molecule is Cc1ccc(CNC(=O)COC(=O)CSc2nc3ccccc3o2)cc1F. The summed E-state index contributed by atoms with van der Waals surface area (Å²) >= 11 is 1.09. The number of nitrogens with one attached hydrogen (secondary N) is 1. The second kappa shape index (κ2) is 8.68. The predicted octanol–water partition coefficient (Wildman–Crippen LogP) is 3.23. The van der Waals surface area contributed by atoms with Crippen LogP contribution in [0.3, 0.4) is 0 Å². The topological polar surface area (TPSA) is 81.4 Å². The van der Waals surface area contributed by atoms with Gasteiger partial charge in [-0.1, -0.05) is 36.0 Å². The van der Waals surface area contributed by atoms with Gasteiger partial charge >= 0.3 is 5.97 Å². The molecule has 6 nitrogen and oxygen atoms in total. The van der Waals surface area contributed by atoms with Crippen molar-refractivity contribution in [2.24, 2.45) is 0 Å². The van der Waals surface area contributed by atoms with E-state index in [0.29, 0.717) is 27.4 Å². The zero-order valence-electron chi connectivity index (χ0n) is 14.5. The Bertz CT molecular complexity index is 940. The van der Waals surface area contributed by atoms with Crippen LogP contribution in [-0.4, -0.2) is 29.2 Å². The molecule has 2 aromatic carbocycles. The fraction of sp³-hybridized carbons (Fsp3) is 0.211. The molecule has 0 radical (unpaired) electrons. The van der Waals surface area contributed by atoms with Crippen molar-refractivity contribution >= 4 is 34.7 Å². The van der Waals surface area contributed by atoms with E-state index in [1.54, 1.807) is 25.1 Å². The van der Waals surface area contributed by atoms with E-state index >= 15 is 0 Å². The number of carbonyl (C=O) groups excluding carboxylic acids is 2. The Morgan fingerprint density at radius 1 is 1.26 bits per heavy atom. The molecule has 8 heteroatoms. The summed E-state index contributed by atoms with van der Waals surface area (Å²) in [4.78, 5) is 27.7. The van der Waals surface area contributed by atoms with Crippen LogP contribution in [0, 0.1) is 12.7 Å². The number of hydrogen-bond donors (Lipinski definition) is 1. The maximum Gasteiger partial charge on any atom is 0.316 e. The summed E-state index contributed by atoms with van der Waals surface area (Å²) in [7, 11) is 0. The van der Waals surface area contributed by atoms with Crippen LogP contribution in [0.4, 0.5) is 4.39 Å². The van der Waals surface area contributed by atoms with Crippen LogP contribution >= 0.6 is 11.8 Å². The number of para-hydroxylation sites is 2. The Morgan fingerprint density at radius 2 is 2.07 bits per heavy atom. The van der Waals surface area contributed by atoms with E-state index in [4.69, 9.17) is 9.15 Å². The maximum absolute atomic E-state index is 13.5. The quantitative estimate of drug-likeness (QED) is 0.494. The molecule has 3 aromatic rings. The van der Waals surface area contributed by atoms with Crippen LogP contribution in [0.15, 0.2) is 52.1 Å². The first-order valence-electron chi connectivity index (χ1n) is 8.17. The third-order valence-corrected chi connectivity index (χ3v) is 4.48. The molecule has 0 saturated heterocycles. The van der Waals surface area contributed by atoms with Crippen LogP contribution in [0.5, 0.6) is 0 Å². The number of amides is 1. The molecule has 1 N–H and O–H groups in total. The van der Waals surface area contributed by atoms with Gasteiger partial charge in [-0.3, -0.25) is 9.59 Å². The summed E-state index contributed by atoms with van der Waals surface area (Å²) in [5.41, 5.74) is 2.51. The Labute approximate surface area is 159 Å². The van der Waals surface area contributed by atoms with Gasteiger partial charge in [0.25, 0.3) is 11.1 Å². The van der Waals surface area contributed by atoms with Gasteiger partial charge in [-0.25, -0.2) is 9.37 Å². The van der Waals surface area contributed by atoms with Gasteiger partial charge in [-0.05, 0) is 36.2 Å². The van der Waals surface area contributed by atoms with Crippen molar-refractivity contribution in [2.75, 3.05) is 12.4 Å². The number of carbonyl (C=O) groups is 2. The molecular weight excluding hydrogens is 371 g/mol. The molecule has 1 amide bonds. The molecule has 140 valence electrons. The van der Waals surface area contributed by atoms with Gasteiger partial charge in [0.05, 0.1) is 0 Å². The van der Waals surface area contributed by atoms with E-state index in [9.17, 15) is 14.0 Å². The summed E-state index contributed by atoms with van der Waals surface area (Å²) in [5.74, 6) is -1.37. The van der Waals surface area contributed by atoms with Crippen molar-refractivity contribution in [1.29, 1.82) is 0 Å². The van der Waals surface area contributed by atoms with Crippen molar-refractivity contribution in [2.45, 2.75) is 18.7 Å². The smallest absolute Gasteiger partial charge is 0.316 e. The van der Waals surface area contributed by atoms with Crippen molar-refractivity contribution in [3.8, 4) is 0 Å². The molecule has 0 aliphatic carbocycles. The van der Waals surface area contributed by atoms with Gasteiger partial charge in [-0.15, -0.1) is 0 Å². The number of thioether (sulfide) groups is 1. The first-order chi connectivity index (χ1) is 13.0. The lowest BCUT2D eigenvalue weighted by Gasteiger charge is -2.07. The lowest BCUT2D eigenvalue weighted by atomic mass is 10.1. The van der Waals surface area contributed by atoms with Gasteiger partial charge in [0.2, 0.25) is 0 Å². The number of fused-ring (bicyclic) bond motifs is 1. The zero-order chi connectivity index (χ0) is 19.2. The van der Waals surface area contributed by atoms with Crippen molar-refractivity contribution in [3.05, 3.63) is 59.4 Å². The number of esters is 1. The average Bonchev–Trinajstić information content (AvgIpc) is 3.08. The van der Waals surface area contributed by atoms with Crippen molar-refractivity contribution in [3.63, 3.8) is 0 Å². The third-order valence-electron chi connectivity index (χ3n) is 3.68. The van der Waals surface area contributed by atoms with Crippen LogP contribution < -0.4 is 5.32 Å². The van der Waals surface area contributed by atoms with E-state index in [-0.39, 0.29) is 18.1 Å². The fourth-order valence-corrected chi connectivity index (χ4v) is 2.86. The number of nitrogens with zero attached hydrogens (tertiary/aromatic N) is 1. The van der Waals surface area contributed by atoms with Crippen LogP contribution in [0.1, 0.15) is 11.1 Å². The largest absolute Gasteiger partial charge is 0.455 e. The number of halogens is 1. The van der Waals surface area contributed by atoms with Crippen LogP contribution in [-0.2, 0) is 20.9 Å². The highest BCUT2D eigenvalue weighted by Crippen LogP contribution is 2.23. The molecule has 0 aliphatic heterocycles. The minimum atomic E-state index is -0.557. The molecule has 0 atom stereocenters. The first-order valence-corrected chi connectivity index (χ1v) is 9.15. The monoisotopic (exact) mass is 388 g/mol. The molecule has 0 aliphatic rings. The second-order valence-corrected chi connectivity index (χ2v) is 6.68. The summed E-state index contributed by atoms with van der Waals surface area (Å²) in [6, 6.07) is 12.0. The minimum Gasteiger partial charge on any atom is -0.455 e. The van der Waals surface area contributed by atoms with Gasteiger partial charge in [0, 0.05) is 6.54 Å². The number of ether oxygens (including phenoxy) is 1. The predicted molar refractivity (Wildman–Crippen MR) is 98.7 cm³/mol. The van der Waals surface area contributed by atoms with Crippen LogP contribution in [0.2, 0.25) is 0 Å². The minimum absolute atomic E-state index is 0.0245. The lowest BCUT2D eigenvalue weighted by Crippen LogP contribution is -2.28. The number of benzene rings is 2. The van der Waals surface area contributed by atoms with Crippen molar-refractivity contribution in [1.82, 2.24) is 10.3 Å². The molecule has 1 aromatic heterocycles. The van der Waals surface area contributed by atoms with E-state index in [1.165, 1.54) is 6.07 Å². The van der Waals surface area contributed by atoms with Gasteiger partial charge in [-0.2, -0.15) is 0 Å².